The van der Waals surface area contributed by atoms with Gasteiger partial charge in [-0.05, 0) is 17.7 Å². The lowest BCUT2D eigenvalue weighted by Crippen LogP contribution is -2.28. The second kappa shape index (κ2) is 6.80. The molecule has 0 saturated heterocycles. The second-order valence-electron chi connectivity index (χ2n) is 4.77. The molecule has 7 nitrogen and oxygen atoms in total. The third-order valence-electron chi connectivity index (χ3n) is 3.15. The maximum atomic E-state index is 12.0. The van der Waals surface area contributed by atoms with Crippen LogP contribution in [0.1, 0.15) is 22.4 Å². The van der Waals surface area contributed by atoms with Gasteiger partial charge >= 0.3 is 11.8 Å². The zero-order chi connectivity index (χ0) is 16.1. The SMILES string of the molecule is O=C(NC[C@@H](O)c1ccccc1)c1nc(-c2ccccn2)no1. The van der Waals surface area contributed by atoms with E-state index in [1.165, 1.54) is 0 Å². The number of benzene rings is 1. The number of carbonyl (C=O) groups excluding carboxylic acids is 1. The van der Waals surface area contributed by atoms with Gasteiger partial charge in [0.15, 0.2) is 0 Å². The fraction of sp³-hybridized carbons (Fsp3) is 0.125. The molecule has 0 aliphatic heterocycles. The zero-order valence-corrected chi connectivity index (χ0v) is 12.1. The Morgan fingerprint density at radius 3 is 2.70 bits per heavy atom. The summed E-state index contributed by atoms with van der Waals surface area (Å²) < 4.78 is 4.92. The first-order valence-corrected chi connectivity index (χ1v) is 7.00. The summed E-state index contributed by atoms with van der Waals surface area (Å²) in [5.41, 5.74) is 1.23. The topological polar surface area (TPSA) is 101 Å². The Bertz CT molecular complexity index is 774. The van der Waals surface area contributed by atoms with Crippen LogP contribution >= 0.6 is 0 Å². The summed E-state index contributed by atoms with van der Waals surface area (Å²) in [6.45, 7) is 0.0458. The van der Waals surface area contributed by atoms with Crippen LogP contribution in [0.25, 0.3) is 11.5 Å². The summed E-state index contributed by atoms with van der Waals surface area (Å²) in [4.78, 5) is 20.1. The molecular formula is C16H14N4O3. The molecular weight excluding hydrogens is 296 g/mol. The van der Waals surface area contributed by atoms with Crippen molar-refractivity contribution in [2.45, 2.75) is 6.10 Å². The normalized spacial score (nSPS) is 11.9. The summed E-state index contributed by atoms with van der Waals surface area (Å²) in [6, 6.07) is 14.3. The van der Waals surface area contributed by atoms with Gasteiger partial charge in [0.2, 0.25) is 5.82 Å². The van der Waals surface area contributed by atoms with Crippen LogP contribution in [0.15, 0.2) is 59.3 Å². The molecule has 2 heterocycles. The molecule has 1 amide bonds. The van der Waals surface area contributed by atoms with Crippen LogP contribution in [0.5, 0.6) is 0 Å². The number of rotatable bonds is 5. The maximum absolute atomic E-state index is 12.0. The van der Waals surface area contributed by atoms with Crippen molar-refractivity contribution < 1.29 is 14.4 Å². The van der Waals surface area contributed by atoms with Gasteiger partial charge in [-0.2, -0.15) is 4.98 Å². The molecule has 1 atom stereocenters. The third-order valence-corrected chi connectivity index (χ3v) is 3.15. The standard InChI is InChI=1S/C16H14N4O3/c21-13(11-6-2-1-3-7-11)10-18-15(22)16-19-14(20-23-16)12-8-4-5-9-17-12/h1-9,13,21H,10H2,(H,18,22)/t13-/m1/s1. The Morgan fingerprint density at radius 1 is 1.17 bits per heavy atom. The number of aromatic nitrogens is 3. The first kappa shape index (κ1) is 14.9. The molecule has 0 unspecified atom stereocenters. The summed E-state index contributed by atoms with van der Waals surface area (Å²) >= 11 is 0. The van der Waals surface area contributed by atoms with Crippen LogP contribution in [0.4, 0.5) is 0 Å². The van der Waals surface area contributed by atoms with Crippen molar-refractivity contribution in [2.24, 2.45) is 0 Å². The van der Waals surface area contributed by atoms with E-state index in [2.05, 4.69) is 20.4 Å². The highest BCUT2D eigenvalue weighted by molar-refractivity contribution is 5.89. The monoisotopic (exact) mass is 310 g/mol. The first-order chi connectivity index (χ1) is 11.2. The van der Waals surface area contributed by atoms with Crippen molar-refractivity contribution in [3.8, 4) is 11.5 Å². The molecule has 116 valence electrons. The Kier molecular flexibility index (Phi) is 4.39. The van der Waals surface area contributed by atoms with Crippen LogP contribution in [-0.2, 0) is 0 Å². The highest BCUT2D eigenvalue weighted by Gasteiger charge is 2.17. The molecule has 0 spiro atoms. The van der Waals surface area contributed by atoms with Crippen molar-refractivity contribution >= 4 is 5.91 Å². The van der Waals surface area contributed by atoms with Crippen molar-refractivity contribution in [3.05, 3.63) is 66.2 Å². The predicted molar refractivity (Wildman–Crippen MR) is 81.3 cm³/mol. The van der Waals surface area contributed by atoms with E-state index < -0.39 is 12.0 Å². The Labute approximate surface area is 132 Å². The molecule has 3 aromatic rings. The summed E-state index contributed by atoms with van der Waals surface area (Å²) in [5.74, 6) is -0.486. The number of nitrogens with zero attached hydrogens (tertiary/aromatic N) is 3. The molecule has 1 aromatic carbocycles. The fourth-order valence-electron chi connectivity index (χ4n) is 1.97. The number of aliphatic hydroxyl groups is 1. The first-order valence-electron chi connectivity index (χ1n) is 7.00. The highest BCUT2D eigenvalue weighted by atomic mass is 16.5. The molecule has 3 rings (SSSR count). The van der Waals surface area contributed by atoms with Crippen LogP contribution in [0.3, 0.4) is 0 Å². The van der Waals surface area contributed by atoms with Crippen molar-refractivity contribution in [3.63, 3.8) is 0 Å². The number of hydrogen-bond acceptors (Lipinski definition) is 6. The van der Waals surface area contributed by atoms with Gasteiger partial charge in [-0.15, -0.1) is 0 Å². The Balaban J connectivity index is 1.62. The molecule has 0 radical (unpaired) electrons. The van der Waals surface area contributed by atoms with Crippen LogP contribution < -0.4 is 5.32 Å². The summed E-state index contributed by atoms with van der Waals surface area (Å²) in [5, 5.41) is 16.3. The van der Waals surface area contributed by atoms with Gasteiger partial charge in [0.05, 0.1) is 6.10 Å². The molecule has 0 saturated carbocycles. The smallest absolute Gasteiger partial charge is 0.316 e. The van der Waals surface area contributed by atoms with Crippen molar-refractivity contribution in [1.29, 1.82) is 0 Å². The molecule has 23 heavy (non-hydrogen) atoms. The third kappa shape index (κ3) is 3.58. The zero-order valence-electron chi connectivity index (χ0n) is 12.1. The molecule has 0 aliphatic carbocycles. The van der Waals surface area contributed by atoms with E-state index in [0.29, 0.717) is 11.3 Å². The van der Waals surface area contributed by atoms with Gasteiger partial charge in [0.1, 0.15) is 5.69 Å². The van der Waals surface area contributed by atoms with E-state index >= 15 is 0 Å². The average molecular weight is 310 g/mol. The van der Waals surface area contributed by atoms with Gasteiger partial charge in [-0.1, -0.05) is 41.6 Å². The summed E-state index contributed by atoms with van der Waals surface area (Å²) in [7, 11) is 0. The van der Waals surface area contributed by atoms with Gasteiger partial charge in [0, 0.05) is 12.7 Å². The largest absolute Gasteiger partial charge is 0.387 e. The van der Waals surface area contributed by atoms with Crippen LogP contribution in [0, 0.1) is 0 Å². The average Bonchev–Trinajstić information content (AvgIpc) is 3.11. The fourth-order valence-corrected chi connectivity index (χ4v) is 1.97. The molecule has 2 aromatic heterocycles. The second-order valence-corrected chi connectivity index (χ2v) is 4.77. The van der Waals surface area contributed by atoms with Gasteiger partial charge < -0.3 is 14.9 Å². The number of nitrogens with one attached hydrogen (secondary N) is 1. The molecule has 0 fully saturated rings. The van der Waals surface area contributed by atoms with E-state index in [9.17, 15) is 9.90 Å². The molecule has 2 N–H and O–H groups in total. The quantitative estimate of drug-likeness (QED) is 0.742. The predicted octanol–water partition coefficient (Wildman–Crippen LogP) is 1.59. The van der Waals surface area contributed by atoms with Crippen molar-refractivity contribution in [2.75, 3.05) is 6.54 Å². The highest BCUT2D eigenvalue weighted by Crippen LogP contribution is 2.13. The van der Waals surface area contributed by atoms with Crippen molar-refractivity contribution in [1.82, 2.24) is 20.4 Å². The minimum atomic E-state index is -0.807. The van der Waals surface area contributed by atoms with E-state index in [0.717, 1.165) is 0 Å². The molecule has 7 heteroatoms. The number of carbonyl (C=O) groups is 1. The maximum Gasteiger partial charge on any atom is 0.316 e. The van der Waals surface area contributed by atoms with Crippen LogP contribution in [-0.4, -0.2) is 32.7 Å². The molecule has 0 bridgehead atoms. The minimum Gasteiger partial charge on any atom is -0.387 e. The van der Waals surface area contributed by atoms with E-state index in [4.69, 9.17) is 4.52 Å². The van der Waals surface area contributed by atoms with Gasteiger partial charge in [0.25, 0.3) is 0 Å². The lowest BCUT2D eigenvalue weighted by atomic mass is 10.1. The molecule has 0 aliphatic rings. The Morgan fingerprint density at radius 2 is 1.96 bits per heavy atom. The van der Waals surface area contributed by atoms with E-state index in [1.54, 1.807) is 36.5 Å². The minimum absolute atomic E-state index is 0.0458. The lowest BCUT2D eigenvalue weighted by molar-refractivity contribution is 0.0873. The number of aliphatic hydroxyl groups excluding tert-OH is 1. The Hall–Kier alpha value is -3.06. The van der Waals surface area contributed by atoms with Crippen LogP contribution in [0.2, 0.25) is 0 Å². The van der Waals surface area contributed by atoms with E-state index in [-0.39, 0.29) is 18.3 Å². The van der Waals surface area contributed by atoms with Gasteiger partial charge in [-0.3, -0.25) is 9.78 Å². The number of pyridine rings is 1. The number of amides is 1. The summed E-state index contributed by atoms with van der Waals surface area (Å²) in [6.07, 6.45) is 0.792. The lowest BCUT2D eigenvalue weighted by Gasteiger charge is -2.10. The van der Waals surface area contributed by atoms with Gasteiger partial charge in [-0.25, -0.2) is 0 Å². The van der Waals surface area contributed by atoms with E-state index in [1.807, 2.05) is 18.2 Å². The number of hydrogen-bond donors (Lipinski definition) is 2.